The molecule has 3 nitrogen and oxygen atoms in total. The lowest BCUT2D eigenvalue weighted by atomic mass is 10.1. The van der Waals surface area contributed by atoms with Crippen LogP contribution in [0.4, 0.5) is 0 Å². The first-order chi connectivity index (χ1) is 6.52. The van der Waals surface area contributed by atoms with Gasteiger partial charge in [-0.1, -0.05) is 36.4 Å². The summed E-state index contributed by atoms with van der Waals surface area (Å²) in [6.07, 6.45) is 2.83. The Morgan fingerprint density at radius 2 is 1.93 bits per heavy atom. The van der Waals surface area contributed by atoms with Crippen LogP contribution in [0.2, 0.25) is 0 Å². The Labute approximate surface area is 82.3 Å². The van der Waals surface area contributed by atoms with Crippen LogP contribution in [0.15, 0.2) is 36.4 Å². The van der Waals surface area contributed by atoms with Crippen molar-refractivity contribution in [3.63, 3.8) is 0 Å². The van der Waals surface area contributed by atoms with Crippen molar-refractivity contribution in [2.45, 2.75) is 12.5 Å². The molecule has 3 heteroatoms. The number of rotatable bonds is 3. The Kier molecular flexibility index (Phi) is 3.04. The highest BCUT2D eigenvalue weighted by molar-refractivity contribution is 5.80. The monoisotopic (exact) mass is 192 g/mol. The minimum absolute atomic E-state index is 0.856. The number of carboxylic acids is 1. The van der Waals surface area contributed by atoms with Crippen molar-refractivity contribution in [1.82, 2.24) is 0 Å². The number of aliphatic hydroxyl groups is 1. The highest BCUT2D eigenvalue weighted by Gasteiger charge is 2.25. The van der Waals surface area contributed by atoms with Crippen molar-refractivity contribution in [2.75, 3.05) is 0 Å². The number of hydrogen-bond donors (Lipinski definition) is 2. The first-order valence-electron chi connectivity index (χ1n) is 4.22. The molecule has 0 aliphatic rings. The molecule has 2 N–H and O–H groups in total. The third-order valence-electron chi connectivity index (χ3n) is 1.83. The van der Waals surface area contributed by atoms with E-state index in [9.17, 15) is 9.90 Å². The predicted molar refractivity (Wildman–Crippen MR) is 53.7 cm³/mol. The van der Waals surface area contributed by atoms with Crippen molar-refractivity contribution in [3.8, 4) is 0 Å². The van der Waals surface area contributed by atoms with Crippen molar-refractivity contribution in [3.05, 3.63) is 42.0 Å². The molecule has 1 rings (SSSR count). The molecule has 0 aliphatic heterocycles. The van der Waals surface area contributed by atoms with Crippen LogP contribution in [-0.4, -0.2) is 21.8 Å². The summed E-state index contributed by atoms with van der Waals surface area (Å²) in [5.74, 6) is -1.26. The van der Waals surface area contributed by atoms with Crippen LogP contribution in [0.3, 0.4) is 0 Å². The molecule has 0 aromatic heterocycles. The van der Waals surface area contributed by atoms with Gasteiger partial charge in [-0.3, -0.25) is 0 Å². The number of benzene rings is 1. The van der Waals surface area contributed by atoms with Gasteiger partial charge in [-0.25, -0.2) is 4.79 Å². The van der Waals surface area contributed by atoms with E-state index in [-0.39, 0.29) is 0 Å². The summed E-state index contributed by atoms with van der Waals surface area (Å²) >= 11 is 0. The van der Waals surface area contributed by atoms with Crippen LogP contribution >= 0.6 is 0 Å². The largest absolute Gasteiger partial charge is 0.479 e. The van der Waals surface area contributed by atoms with E-state index in [2.05, 4.69) is 0 Å². The van der Waals surface area contributed by atoms with E-state index in [4.69, 9.17) is 5.11 Å². The van der Waals surface area contributed by atoms with E-state index in [0.29, 0.717) is 0 Å². The van der Waals surface area contributed by atoms with Crippen molar-refractivity contribution < 1.29 is 15.0 Å². The van der Waals surface area contributed by atoms with Crippen molar-refractivity contribution >= 4 is 12.0 Å². The average Bonchev–Trinajstić information content (AvgIpc) is 2.16. The van der Waals surface area contributed by atoms with Crippen molar-refractivity contribution in [2.24, 2.45) is 0 Å². The zero-order chi connectivity index (χ0) is 10.6. The van der Waals surface area contributed by atoms with Gasteiger partial charge < -0.3 is 10.2 Å². The third kappa shape index (κ3) is 2.71. The highest BCUT2D eigenvalue weighted by atomic mass is 16.4. The van der Waals surface area contributed by atoms with Gasteiger partial charge in [-0.15, -0.1) is 0 Å². The summed E-state index contributed by atoms with van der Waals surface area (Å²) < 4.78 is 0. The molecule has 0 radical (unpaired) electrons. The Morgan fingerprint density at radius 1 is 1.36 bits per heavy atom. The van der Waals surface area contributed by atoms with Gasteiger partial charge in [-0.2, -0.15) is 0 Å². The molecule has 1 aromatic rings. The fourth-order valence-corrected chi connectivity index (χ4v) is 0.894. The van der Waals surface area contributed by atoms with Gasteiger partial charge in [0.1, 0.15) is 0 Å². The maximum atomic E-state index is 10.5. The Bertz CT molecular complexity index is 339. The van der Waals surface area contributed by atoms with Crippen LogP contribution in [0, 0.1) is 0 Å². The van der Waals surface area contributed by atoms with Gasteiger partial charge in [0.2, 0.25) is 0 Å². The molecule has 0 fully saturated rings. The number of carbonyl (C=O) groups is 1. The van der Waals surface area contributed by atoms with E-state index in [1.165, 1.54) is 13.0 Å². The highest BCUT2D eigenvalue weighted by Crippen LogP contribution is 2.09. The van der Waals surface area contributed by atoms with Crippen LogP contribution in [0.1, 0.15) is 12.5 Å². The summed E-state index contributed by atoms with van der Waals surface area (Å²) in [5.41, 5.74) is -0.954. The number of hydrogen-bond acceptors (Lipinski definition) is 2. The quantitative estimate of drug-likeness (QED) is 0.763. The normalized spacial score (nSPS) is 15.3. The molecule has 0 spiro atoms. The summed E-state index contributed by atoms with van der Waals surface area (Å²) in [4.78, 5) is 10.5. The van der Waals surface area contributed by atoms with E-state index < -0.39 is 11.6 Å². The molecule has 14 heavy (non-hydrogen) atoms. The summed E-state index contributed by atoms with van der Waals surface area (Å²) in [6, 6.07) is 9.21. The lowest BCUT2D eigenvalue weighted by molar-refractivity contribution is -0.151. The molecule has 1 atom stereocenters. The van der Waals surface area contributed by atoms with Gasteiger partial charge >= 0.3 is 5.97 Å². The Morgan fingerprint density at radius 3 is 2.43 bits per heavy atom. The molecule has 0 bridgehead atoms. The van der Waals surface area contributed by atoms with Gasteiger partial charge in [0.25, 0.3) is 0 Å². The number of carboxylic acid groups (broad SMARTS) is 1. The van der Waals surface area contributed by atoms with Crippen LogP contribution in [0.5, 0.6) is 0 Å². The van der Waals surface area contributed by atoms with Crippen LogP contribution in [-0.2, 0) is 4.79 Å². The first-order valence-corrected chi connectivity index (χ1v) is 4.22. The molecule has 0 saturated carbocycles. The van der Waals surface area contributed by atoms with Gasteiger partial charge in [0.05, 0.1) is 0 Å². The Balaban J connectivity index is 2.79. The second-order valence-electron chi connectivity index (χ2n) is 3.20. The molecule has 0 amide bonds. The van der Waals surface area contributed by atoms with E-state index in [1.54, 1.807) is 6.08 Å². The summed E-state index contributed by atoms with van der Waals surface area (Å²) in [7, 11) is 0. The summed E-state index contributed by atoms with van der Waals surface area (Å²) in [6.45, 7) is 1.23. The molecule has 0 aliphatic carbocycles. The van der Waals surface area contributed by atoms with E-state index in [0.717, 1.165) is 5.56 Å². The fraction of sp³-hybridized carbons (Fsp3) is 0.182. The number of aliphatic carboxylic acids is 1. The van der Waals surface area contributed by atoms with Crippen LogP contribution < -0.4 is 0 Å². The lowest BCUT2D eigenvalue weighted by Crippen LogP contribution is -2.31. The third-order valence-corrected chi connectivity index (χ3v) is 1.83. The summed E-state index contributed by atoms with van der Waals surface area (Å²) in [5, 5.41) is 18.0. The molecule has 1 unspecified atom stereocenters. The van der Waals surface area contributed by atoms with Gasteiger partial charge in [-0.05, 0) is 18.6 Å². The minimum atomic E-state index is -1.81. The molecule has 1 aromatic carbocycles. The lowest BCUT2D eigenvalue weighted by Gasteiger charge is -2.11. The smallest absolute Gasteiger partial charge is 0.339 e. The molecule has 0 heterocycles. The molecular weight excluding hydrogens is 180 g/mol. The maximum absolute atomic E-state index is 10.5. The molecule has 74 valence electrons. The standard InChI is InChI=1S/C11H12O3/c1-11(14,10(12)13)8-7-9-5-3-2-4-6-9/h2-8,14H,1H3,(H,12,13)/b8-7+. The van der Waals surface area contributed by atoms with E-state index in [1.807, 2.05) is 30.3 Å². The zero-order valence-electron chi connectivity index (χ0n) is 7.84. The topological polar surface area (TPSA) is 57.5 Å². The van der Waals surface area contributed by atoms with E-state index >= 15 is 0 Å². The average molecular weight is 192 g/mol. The predicted octanol–water partition coefficient (Wildman–Crippen LogP) is 1.54. The second kappa shape index (κ2) is 4.07. The van der Waals surface area contributed by atoms with Gasteiger partial charge in [0, 0.05) is 0 Å². The SMILES string of the molecule is CC(O)(/C=C/c1ccccc1)C(=O)O. The van der Waals surface area contributed by atoms with Crippen molar-refractivity contribution in [1.29, 1.82) is 0 Å². The molecular formula is C11H12O3. The Hall–Kier alpha value is -1.61. The zero-order valence-corrected chi connectivity index (χ0v) is 7.84. The van der Waals surface area contributed by atoms with Crippen LogP contribution in [0.25, 0.3) is 6.08 Å². The second-order valence-corrected chi connectivity index (χ2v) is 3.20. The fourth-order valence-electron chi connectivity index (χ4n) is 0.894. The molecule has 0 saturated heterocycles. The minimum Gasteiger partial charge on any atom is -0.479 e. The van der Waals surface area contributed by atoms with Gasteiger partial charge in [0.15, 0.2) is 5.60 Å². The first kappa shape index (κ1) is 10.5. The maximum Gasteiger partial charge on any atom is 0.339 e.